The van der Waals surface area contributed by atoms with E-state index < -0.39 is 0 Å². The molecule has 1 atom stereocenters. The lowest BCUT2D eigenvalue weighted by Crippen LogP contribution is -2.25. The molecule has 1 saturated heterocycles. The van der Waals surface area contributed by atoms with Gasteiger partial charge in [-0.1, -0.05) is 19.1 Å². The largest absolute Gasteiger partial charge is 0.330 e. The predicted molar refractivity (Wildman–Crippen MR) is 65.3 cm³/mol. The maximum absolute atomic E-state index is 11.8. The monoisotopic (exact) mass is 218 g/mol. The van der Waals surface area contributed by atoms with Crippen molar-refractivity contribution in [1.29, 1.82) is 0 Å². The molecule has 16 heavy (non-hydrogen) atoms. The summed E-state index contributed by atoms with van der Waals surface area (Å²) in [6.45, 7) is 3.48. The molecule has 3 heteroatoms. The van der Waals surface area contributed by atoms with E-state index in [1.807, 2.05) is 17.0 Å². The normalized spacial score (nSPS) is 20.5. The maximum atomic E-state index is 11.8. The summed E-state index contributed by atoms with van der Waals surface area (Å²) in [4.78, 5) is 13.7. The molecule has 0 spiro atoms. The van der Waals surface area contributed by atoms with E-state index in [2.05, 4.69) is 19.1 Å². The van der Waals surface area contributed by atoms with Crippen molar-refractivity contribution in [3.8, 4) is 0 Å². The van der Waals surface area contributed by atoms with Gasteiger partial charge >= 0.3 is 0 Å². The molecule has 1 unspecified atom stereocenters. The van der Waals surface area contributed by atoms with E-state index in [0.717, 1.165) is 18.7 Å². The average molecular weight is 218 g/mol. The number of nitrogens with two attached hydrogens (primary N) is 1. The third-order valence-corrected chi connectivity index (χ3v) is 3.17. The molecular weight excluding hydrogens is 200 g/mol. The number of hydrogen-bond donors (Lipinski definition) is 1. The molecule has 0 aromatic heterocycles. The van der Waals surface area contributed by atoms with E-state index in [0.29, 0.717) is 18.9 Å². The summed E-state index contributed by atoms with van der Waals surface area (Å²) in [7, 11) is 0. The highest BCUT2D eigenvalue weighted by Gasteiger charge is 2.29. The zero-order chi connectivity index (χ0) is 11.5. The molecule has 1 aliphatic heterocycles. The zero-order valence-electron chi connectivity index (χ0n) is 9.65. The smallest absolute Gasteiger partial charge is 0.227 e. The molecule has 1 aromatic rings. The van der Waals surface area contributed by atoms with Gasteiger partial charge in [0.05, 0.1) is 0 Å². The Hall–Kier alpha value is -1.35. The fraction of sp³-hybridized carbons (Fsp3) is 0.462. The van der Waals surface area contributed by atoms with Crippen molar-refractivity contribution < 1.29 is 4.79 Å². The van der Waals surface area contributed by atoms with Crippen LogP contribution in [-0.2, 0) is 11.2 Å². The molecule has 0 radical (unpaired) electrons. The lowest BCUT2D eigenvalue weighted by molar-refractivity contribution is -0.117. The maximum Gasteiger partial charge on any atom is 0.227 e. The van der Waals surface area contributed by atoms with E-state index in [4.69, 9.17) is 5.73 Å². The van der Waals surface area contributed by atoms with Crippen molar-refractivity contribution in [2.45, 2.75) is 19.8 Å². The molecule has 0 saturated carbocycles. The van der Waals surface area contributed by atoms with Crippen molar-refractivity contribution in [2.24, 2.45) is 11.7 Å². The third kappa shape index (κ3) is 2.09. The number of carbonyl (C=O) groups excluding carboxylic acids is 1. The number of benzene rings is 1. The number of carbonyl (C=O) groups is 1. The van der Waals surface area contributed by atoms with Crippen LogP contribution < -0.4 is 10.6 Å². The Labute approximate surface area is 96.2 Å². The summed E-state index contributed by atoms with van der Waals surface area (Å²) in [5, 5.41) is 0. The topological polar surface area (TPSA) is 46.3 Å². The Morgan fingerprint density at radius 1 is 1.50 bits per heavy atom. The van der Waals surface area contributed by atoms with Gasteiger partial charge in [-0.15, -0.1) is 0 Å². The van der Waals surface area contributed by atoms with Crippen molar-refractivity contribution in [3.63, 3.8) is 0 Å². The first kappa shape index (κ1) is 11.1. The molecule has 1 heterocycles. The molecule has 0 bridgehead atoms. The summed E-state index contributed by atoms with van der Waals surface area (Å²) in [6, 6.07) is 8.19. The van der Waals surface area contributed by atoms with Crippen LogP contribution in [0.1, 0.15) is 18.9 Å². The highest BCUT2D eigenvalue weighted by atomic mass is 16.2. The SMILES string of the molecule is CCc1cccc(N2CC(CN)CC2=O)c1. The highest BCUT2D eigenvalue weighted by molar-refractivity contribution is 5.95. The summed E-state index contributed by atoms with van der Waals surface area (Å²) < 4.78 is 0. The molecule has 86 valence electrons. The molecule has 1 fully saturated rings. The number of anilines is 1. The van der Waals surface area contributed by atoms with Gasteiger partial charge in [-0.05, 0) is 36.6 Å². The second-order valence-corrected chi connectivity index (χ2v) is 4.33. The molecule has 2 rings (SSSR count). The molecule has 0 aliphatic carbocycles. The number of nitrogens with zero attached hydrogens (tertiary/aromatic N) is 1. The average Bonchev–Trinajstić information content (AvgIpc) is 2.71. The Morgan fingerprint density at radius 2 is 2.31 bits per heavy atom. The zero-order valence-corrected chi connectivity index (χ0v) is 9.65. The number of amides is 1. The van der Waals surface area contributed by atoms with Gasteiger partial charge in [0.15, 0.2) is 0 Å². The molecule has 1 amide bonds. The first-order chi connectivity index (χ1) is 7.74. The van der Waals surface area contributed by atoms with Gasteiger partial charge in [0.1, 0.15) is 0 Å². The van der Waals surface area contributed by atoms with Crippen LogP contribution in [0.25, 0.3) is 0 Å². The van der Waals surface area contributed by atoms with Gasteiger partial charge in [-0.3, -0.25) is 4.79 Å². The summed E-state index contributed by atoms with van der Waals surface area (Å²) in [5.41, 5.74) is 7.89. The molecular formula is C13H18N2O. The minimum absolute atomic E-state index is 0.198. The van der Waals surface area contributed by atoms with E-state index in [9.17, 15) is 4.79 Å². The van der Waals surface area contributed by atoms with Gasteiger partial charge < -0.3 is 10.6 Å². The quantitative estimate of drug-likeness (QED) is 0.837. The van der Waals surface area contributed by atoms with E-state index in [-0.39, 0.29) is 5.91 Å². The van der Waals surface area contributed by atoms with Crippen LogP contribution in [0.15, 0.2) is 24.3 Å². The fourth-order valence-electron chi connectivity index (χ4n) is 2.13. The van der Waals surface area contributed by atoms with Crippen molar-refractivity contribution >= 4 is 11.6 Å². The van der Waals surface area contributed by atoms with Crippen LogP contribution in [0.4, 0.5) is 5.69 Å². The second-order valence-electron chi connectivity index (χ2n) is 4.33. The van der Waals surface area contributed by atoms with Crippen molar-refractivity contribution in [1.82, 2.24) is 0 Å². The first-order valence-electron chi connectivity index (χ1n) is 5.84. The lowest BCUT2D eigenvalue weighted by Gasteiger charge is -2.17. The highest BCUT2D eigenvalue weighted by Crippen LogP contribution is 2.25. The summed E-state index contributed by atoms with van der Waals surface area (Å²) in [5.74, 6) is 0.515. The van der Waals surface area contributed by atoms with Crippen LogP contribution >= 0.6 is 0 Å². The van der Waals surface area contributed by atoms with Crippen LogP contribution in [0, 0.1) is 5.92 Å². The van der Waals surface area contributed by atoms with Crippen LogP contribution in [0.2, 0.25) is 0 Å². The standard InChI is InChI=1S/C13H18N2O/c1-2-10-4-3-5-12(6-10)15-9-11(8-14)7-13(15)16/h3-6,11H,2,7-9,14H2,1H3. The van der Waals surface area contributed by atoms with Gasteiger partial charge in [-0.25, -0.2) is 0 Å². The minimum atomic E-state index is 0.198. The Balaban J connectivity index is 2.20. The van der Waals surface area contributed by atoms with Gasteiger partial charge in [0.2, 0.25) is 5.91 Å². The summed E-state index contributed by atoms with van der Waals surface area (Å²) >= 11 is 0. The minimum Gasteiger partial charge on any atom is -0.330 e. The molecule has 1 aliphatic rings. The van der Waals surface area contributed by atoms with Crippen LogP contribution in [-0.4, -0.2) is 19.0 Å². The van der Waals surface area contributed by atoms with E-state index >= 15 is 0 Å². The predicted octanol–water partition coefficient (Wildman–Crippen LogP) is 1.56. The van der Waals surface area contributed by atoms with Gasteiger partial charge in [0.25, 0.3) is 0 Å². The Morgan fingerprint density at radius 3 is 2.94 bits per heavy atom. The van der Waals surface area contributed by atoms with Crippen molar-refractivity contribution in [3.05, 3.63) is 29.8 Å². The molecule has 2 N–H and O–H groups in total. The third-order valence-electron chi connectivity index (χ3n) is 3.17. The van der Waals surface area contributed by atoms with Crippen LogP contribution in [0.3, 0.4) is 0 Å². The van der Waals surface area contributed by atoms with E-state index in [1.54, 1.807) is 0 Å². The Kier molecular flexibility index (Phi) is 3.25. The van der Waals surface area contributed by atoms with Crippen LogP contribution in [0.5, 0.6) is 0 Å². The number of hydrogen-bond acceptors (Lipinski definition) is 2. The van der Waals surface area contributed by atoms with Gasteiger partial charge in [-0.2, -0.15) is 0 Å². The molecule has 1 aromatic carbocycles. The molecule has 3 nitrogen and oxygen atoms in total. The lowest BCUT2D eigenvalue weighted by atomic mass is 10.1. The first-order valence-corrected chi connectivity index (χ1v) is 5.84. The van der Waals surface area contributed by atoms with Crippen molar-refractivity contribution in [2.75, 3.05) is 18.0 Å². The summed E-state index contributed by atoms with van der Waals surface area (Å²) in [6.07, 6.45) is 1.59. The number of aryl methyl sites for hydroxylation is 1. The van der Waals surface area contributed by atoms with Gasteiger partial charge in [0, 0.05) is 18.7 Å². The fourth-order valence-corrected chi connectivity index (χ4v) is 2.13. The Bertz CT molecular complexity index is 389. The second kappa shape index (κ2) is 4.66. The number of rotatable bonds is 3. The van der Waals surface area contributed by atoms with E-state index in [1.165, 1.54) is 5.56 Å².